The normalized spacial score (nSPS) is 16.7. The second kappa shape index (κ2) is 6.62. The molecule has 3 heterocycles. The zero-order valence-electron chi connectivity index (χ0n) is 12.7. The summed E-state index contributed by atoms with van der Waals surface area (Å²) in [5, 5.41) is 15.6. The van der Waals surface area contributed by atoms with Crippen molar-refractivity contribution in [2.24, 2.45) is 5.92 Å². The Labute approximate surface area is 132 Å². The lowest BCUT2D eigenvalue weighted by Gasteiger charge is -2.28. The first-order valence-corrected chi connectivity index (χ1v) is 7.45. The number of hydrogen-bond acceptors (Lipinski definition) is 6. The third-order valence-electron chi connectivity index (χ3n) is 3.88. The topological polar surface area (TPSA) is 117 Å². The van der Waals surface area contributed by atoms with E-state index in [9.17, 15) is 4.79 Å². The van der Waals surface area contributed by atoms with Gasteiger partial charge in [-0.1, -0.05) is 5.16 Å². The van der Waals surface area contributed by atoms with Gasteiger partial charge in [0.2, 0.25) is 5.89 Å². The first kappa shape index (κ1) is 15.2. The molecule has 1 aliphatic heterocycles. The average Bonchev–Trinajstić information content (AvgIpc) is 3.22. The monoisotopic (exact) mass is 315 g/mol. The molecule has 1 saturated heterocycles. The van der Waals surface area contributed by atoms with Crippen molar-refractivity contribution in [1.82, 2.24) is 20.4 Å². The van der Waals surface area contributed by atoms with E-state index in [2.05, 4.69) is 20.4 Å². The zero-order chi connectivity index (χ0) is 16.2. The molecule has 3 rings (SSSR count). The number of ether oxygens (including phenoxy) is 1. The maximum Gasteiger partial charge on any atom is 0.268 e. The van der Waals surface area contributed by atoms with Crippen LogP contribution >= 0.6 is 0 Å². The van der Waals surface area contributed by atoms with Crippen molar-refractivity contribution >= 4 is 5.91 Å². The molecule has 23 heavy (non-hydrogen) atoms. The minimum atomic E-state index is -0.374. The van der Waals surface area contributed by atoms with Gasteiger partial charge in [0.05, 0.1) is 0 Å². The highest BCUT2D eigenvalue weighted by atomic mass is 16.5. The largest absolute Gasteiger partial charge is 0.381 e. The highest BCUT2D eigenvalue weighted by molar-refractivity contribution is 5.92. The molecule has 2 aromatic rings. The van der Waals surface area contributed by atoms with E-state index in [1.807, 2.05) is 6.07 Å². The summed E-state index contributed by atoms with van der Waals surface area (Å²) in [6.07, 6.45) is 1.61. The lowest BCUT2D eigenvalue weighted by Crippen LogP contribution is -2.36. The van der Waals surface area contributed by atoms with Crippen molar-refractivity contribution in [3.63, 3.8) is 0 Å². The Balaban J connectivity index is 1.80. The van der Waals surface area contributed by atoms with Crippen LogP contribution in [0.1, 0.15) is 46.8 Å². The van der Waals surface area contributed by atoms with Crippen LogP contribution in [0.25, 0.3) is 0 Å². The Bertz CT molecular complexity index is 724. The third kappa shape index (κ3) is 3.40. The predicted molar refractivity (Wildman–Crippen MR) is 78.3 cm³/mol. The number of H-pyrrole nitrogens is 1. The van der Waals surface area contributed by atoms with Crippen LogP contribution in [0, 0.1) is 24.2 Å². The van der Waals surface area contributed by atoms with E-state index in [1.54, 1.807) is 19.1 Å². The number of carbonyl (C=O) groups is 1. The predicted octanol–water partition coefficient (Wildman–Crippen LogP) is 1.48. The molecule has 0 aliphatic carbocycles. The average molecular weight is 315 g/mol. The van der Waals surface area contributed by atoms with Crippen molar-refractivity contribution in [3.8, 4) is 6.07 Å². The molecule has 2 aromatic heterocycles. The Hall–Kier alpha value is -2.66. The van der Waals surface area contributed by atoms with Crippen LogP contribution in [0.15, 0.2) is 16.7 Å². The van der Waals surface area contributed by atoms with Gasteiger partial charge in [-0.25, -0.2) is 0 Å². The molecule has 0 unspecified atom stereocenters. The van der Waals surface area contributed by atoms with Crippen LogP contribution in [0.2, 0.25) is 0 Å². The second-order valence-electron chi connectivity index (χ2n) is 5.48. The Morgan fingerprint density at radius 3 is 2.87 bits per heavy atom. The van der Waals surface area contributed by atoms with Crippen molar-refractivity contribution in [2.45, 2.75) is 25.8 Å². The summed E-state index contributed by atoms with van der Waals surface area (Å²) in [4.78, 5) is 19.5. The molecule has 0 spiro atoms. The maximum absolute atomic E-state index is 12.4. The molecule has 0 radical (unpaired) electrons. The number of hydrogen-bond donors (Lipinski definition) is 2. The van der Waals surface area contributed by atoms with Gasteiger partial charge in [-0.05, 0) is 37.8 Å². The number of aromatic nitrogens is 3. The van der Waals surface area contributed by atoms with Gasteiger partial charge in [-0.3, -0.25) is 4.79 Å². The molecule has 1 amide bonds. The number of amides is 1. The number of carbonyl (C=O) groups excluding carboxylic acids is 1. The fourth-order valence-electron chi connectivity index (χ4n) is 2.68. The molecule has 2 N–H and O–H groups in total. The number of aromatic amines is 1. The minimum Gasteiger partial charge on any atom is -0.381 e. The number of nitriles is 1. The molecule has 0 bridgehead atoms. The smallest absolute Gasteiger partial charge is 0.268 e. The van der Waals surface area contributed by atoms with Gasteiger partial charge in [-0.2, -0.15) is 10.2 Å². The van der Waals surface area contributed by atoms with E-state index in [0.29, 0.717) is 36.3 Å². The Kier molecular flexibility index (Phi) is 4.39. The van der Waals surface area contributed by atoms with Crippen molar-refractivity contribution in [2.75, 3.05) is 13.2 Å². The molecule has 8 nitrogen and oxygen atoms in total. The maximum atomic E-state index is 12.4. The summed E-state index contributed by atoms with van der Waals surface area (Å²) >= 11 is 0. The van der Waals surface area contributed by atoms with Crippen LogP contribution in [-0.4, -0.2) is 34.2 Å². The van der Waals surface area contributed by atoms with Gasteiger partial charge in [0.15, 0.2) is 5.82 Å². The van der Waals surface area contributed by atoms with Gasteiger partial charge in [0.25, 0.3) is 5.91 Å². The molecule has 120 valence electrons. The van der Waals surface area contributed by atoms with E-state index in [0.717, 1.165) is 12.8 Å². The summed E-state index contributed by atoms with van der Waals surface area (Å²) in [5.41, 5.74) is 0.668. The summed E-state index contributed by atoms with van der Waals surface area (Å²) in [7, 11) is 0. The van der Waals surface area contributed by atoms with Crippen LogP contribution in [0.4, 0.5) is 0 Å². The molecule has 1 atom stereocenters. The molecular formula is C15H17N5O3. The molecule has 0 aromatic carbocycles. The fourth-order valence-corrected chi connectivity index (χ4v) is 2.68. The lowest BCUT2D eigenvalue weighted by molar-refractivity contribution is 0.0467. The van der Waals surface area contributed by atoms with Crippen LogP contribution in [0.3, 0.4) is 0 Å². The Morgan fingerprint density at radius 1 is 1.48 bits per heavy atom. The van der Waals surface area contributed by atoms with Crippen molar-refractivity contribution in [3.05, 3.63) is 35.2 Å². The number of nitrogens with zero attached hydrogens (tertiary/aromatic N) is 3. The molecule has 1 fully saturated rings. The quantitative estimate of drug-likeness (QED) is 0.882. The van der Waals surface area contributed by atoms with Crippen LogP contribution < -0.4 is 5.32 Å². The van der Waals surface area contributed by atoms with E-state index in [-0.39, 0.29) is 17.9 Å². The number of nitrogens with one attached hydrogen (secondary N) is 2. The summed E-state index contributed by atoms with van der Waals surface area (Å²) in [6.45, 7) is 3.02. The summed E-state index contributed by atoms with van der Waals surface area (Å²) in [5.74, 6) is 0.782. The van der Waals surface area contributed by atoms with E-state index in [1.165, 1.54) is 0 Å². The van der Waals surface area contributed by atoms with Gasteiger partial charge in [-0.15, -0.1) is 0 Å². The first-order chi connectivity index (χ1) is 11.2. The molecule has 8 heteroatoms. The minimum absolute atomic E-state index is 0.165. The van der Waals surface area contributed by atoms with Gasteiger partial charge >= 0.3 is 0 Å². The van der Waals surface area contributed by atoms with Gasteiger partial charge in [0.1, 0.15) is 23.5 Å². The molecule has 0 saturated carbocycles. The highest BCUT2D eigenvalue weighted by Gasteiger charge is 2.31. The summed E-state index contributed by atoms with van der Waals surface area (Å²) in [6, 6.07) is 4.73. The third-order valence-corrected chi connectivity index (χ3v) is 3.88. The van der Waals surface area contributed by atoms with Crippen LogP contribution in [0.5, 0.6) is 0 Å². The lowest BCUT2D eigenvalue weighted by atomic mass is 9.91. The number of rotatable bonds is 4. The first-order valence-electron chi connectivity index (χ1n) is 7.45. The van der Waals surface area contributed by atoms with E-state index >= 15 is 0 Å². The van der Waals surface area contributed by atoms with E-state index in [4.69, 9.17) is 14.5 Å². The second-order valence-corrected chi connectivity index (χ2v) is 5.48. The Morgan fingerprint density at radius 2 is 2.26 bits per heavy atom. The van der Waals surface area contributed by atoms with E-state index < -0.39 is 0 Å². The summed E-state index contributed by atoms with van der Waals surface area (Å²) < 4.78 is 10.6. The fraction of sp³-hybridized carbons (Fsp3) is 0.467. The highest BCUT2D eigenvalue weighted by Crippen LogP contribution is 2.29. The molecular weight excluding hydrogens is 298 g/mol. The van der Waals surface area contributed by atoms with Crippen LogP contribution in [-0.2, 0) is 4.74 Å². The van der Waals surface area contributed by atoms with Gasteiger partial charge < -0.3 is 19.6 Å². The number of aryl methyl sites for hydroxylation is 1. The molecule has 1 aliphatic rings. The van der Waals surface area contributed by atoms with Crippen molar-refractivity contribution < 1.29 is 14.1 Å². The van der Waals surface area contributed by atoms with Crippen molar-refractivity contribution in [1.29, 1.82) is 5.26 Å². The standard InChI is InChI=1S/C15H17N5O3/c1-9-17-15(23-20-9)13(10-4-6-22-7-5-10)19-14(21)12-3-2-11(8-16)18-12/h2-3,10,13,18H,4-7H2,1H3,(H,19,21)/t13-/m1/s1. The zero-order valence-corrected chi connectivity index (χ0v) is 12.7. The van der Waals surface area contributed by atoms with Gasteiger partial charge in [0, 0.05) is 13.2 Å². The SMILES string of the molecule is Cc1noc([C@H](NC(=O)c2ccc(C#N)[nH]2)C2CCOCC2)n1.